The van der Waals surface area contributed by atoms with Gasteiger partial charge in [-0.25, -0.2) is 0 Å². The van der Waals surface area contributed by atoms with Crippen molar-refractivity contribution in [3.63, 3.8) is 0 Å². The average molecular weight is 292 g/mol. The Morgan fingerprint density at radius 2 is 1.90 bits per heavy atom. The van der Waals surface area contributed by atoms with Crippen LogP contribution < -0.4 is 5.32 Å². The van der Waals surface area contributed by atoms with Crippen molar-refractivity contribution in [1.82, 2.24) is 5.32 Å². The Labute approximate surface area is 128 Å². The summed E-state index contributed by atoms with van der Waals surface area (Å²) in [4.78, 5) is 0. The summed E-state index contributed by atoms with van der Waals surface area (Å²) in [7, 11) is 0. The fourth-order valence-corrected chi connectivity index (χ4v) is 4.80. The quantitative estimate of drug-likeness (QED) is 0.698. The van der Waals surface area contributed by atoms with Crippen molar-refractivity contribution in [1.29, 1.82) is 0 Å². The van der Waals surface area contributed by atoms with Gasteiger partial charge in [-0.05, 0) is 42.2 Å². The van der Waals surface area contributed by atoms with Crippen LogP contribution in [0.4, 0.5) is 0 Å². The molecule has 1 N–H and O–H groups in total. The maximum Gasteiger partial charge on any atom is 0.0443 e. The van der Waals surface area contributed by atoms with Gasteiger partial charge in [0.05, 0.1) is 0 Å². The number of hydrogen-bond acceptors (Lipinski definition) is 2. The number of hydrogen-bond donors (Lipinski definition) is 1. The lowest BCUT2D eigenvalue weighted by atomic mass is 9.80. The highest BCUT2D eigenvalue weighted by molar-refractivity contribution is 7.99. The van der Waals surface area contributed by atoms with Crippen LogP contribution in [0.1, 0.15) is 69.5 Å². The average Bonchev–Trinajstić information content (AvgIpc) is 2.47. The van der Waals surface area contributed by atoms with Gasteiger partial charge in [-0.15, -0.1) is 0 Å². The van der Waals surface area contributed by atoms with Crippen molar-refractivity contribution in [2.45, 2.75) is 63.7 Å². The molecule has 0 spiro atoms. The Hall–Kier alpha value is -0.470. The van der Waals surface area contributed by atoms with Crippen LogP contribution >= 0.6 is 11.8 Å². The molecule has 1 aliphatic rings. The van der Waals surface area contributed by atoms with E-state index < -0.39 is 0 Å². The molecule has 1 aromatic rings. The van der Waals surface area contributed by atoms with E-state index >= 15 is 0 Å². The number of thioether (sulfide) groups is 1. The molecule has 112 valence electrons. The van der Waals surface area contributed by atoms with Gasteiger partial charge >= 0.3 is 0 Å². The molecule has 0 amide bonds. The normalized spacial score (nSPS) is 25.4. The van der Waals surface area contributed by atoms with Gasteiger partial charge in [0.15, 0.2) is 0 Å². The van der Waals surface area contributed by atoms with Crippen LogP contribution in [0.3, 0.4) is 0 Å². The third-order valence-electron chi connectivity index (χ3n) is 4.32. The van der Waals surface area contributed by atoms with Crippen molar-refractivity contribution in [2.24, 2.45) is 0 Å². The molecule has 0 aromatic heterocycles. The molecule has 0 saturated heterocycles. The molecule has 0 aliphatic heterocycles. The Kier molecular flexibility index (Phi) is 6.44. The minimum atomic E-state index is 0.541. The van der Waals surface area contributed by atoms with E-state index in [1.165, 1.54) is 31.4 Å². The fraction of sp³-hybridized carbons (Fsp3) is 0.667. The summed E-state index contributed by atoms with van der Waals surface area (Å²) in [5.74, 6) is 2.01. The predicted octanol–water partition coefficient (Wildman–Crippen LogP) is 5.14. The van der Waals surface area contributed by atoms with Gasteiger partial charge < -0.3 is 5.32 Å². The maximum absolute atomic E-state index is 3.73. The van der Waals surface area contributed by atoms with Crippen LogP contribution in [0.25, 0.3) is 0 Å². The molecule has 2 rings (SSSR count). The largest absolute Gasteiger partial charge is 0.309 e. The highest BCUT2D eigenvalue weighted by Gasteiger charge is 2.32. The molecule has 3 unspecified atom stereocenters. The summed E-state index contributed by atoms with van der Waals surface area (Å²) < 4.78 is 0. The van der Waals surface area contributed by atoms with Crippen molar-refractivity contribution >= 4 is 11.8 Å². The van der Waals surface area contributed by atoms with E-state index in [0.29, 0.717) is 12.0 Å². The van der Waals surface area contributed by atoms with Gasteiger partial charge in [0.2, 0.25) is 0 Å². The third kappa shape index (κ3) is 3.79. The first-order valence-electron chi connectivity index (χ1n) is 8.21. The second-order valence-corrected chi connectivity index (χ2v) is 7.26. The summed E-state index contributed by atoms with van der Waals surface area (Å²) in [6.07, 6.45) is 5.37. The molecule has 1 nitrogen and oxygen atoms in total. The Bertz CT molecular complexity index is 404. The SMILES string of the molecule is CCCCCSC1CC(C)c2ccccc2C1NCC. The number of nitrogens with one attached hydrogen (secondary N) is 1. The zero-order valence-electron chi connectivity index (χ0n) is 13.2. The van der Waals surface area contributed by atoms with Crippen LogP contribution in [0.2, 0.25) is 0 Å². The van der Waals surface area contributed by atoms with Crippen molar-refractivity contribution in [2.75, 3.05) is 12.3 Å². The Morgan fingerprint density at radius 3 is 2.60 bits per heavy atom. The van der Waals surface area contributed by atoms with E-state index in [1.54, 1.807) is 11.1 Å². The first-order valence-corrected chi connectivity index (χ1v) is 9.26. The van der Waals surface area contributed by atoms with E-state index in [2.05, 4.69) is 62.1 Å². The lowest BCUT2D eigenvalue weighted by Gasteiger charge is -2.37. The zero-order valence-corrected chi connectivity index (χ0v) is 14.0. The molecule has 1 aromatic carbocycles. The number of unbranched alkanes of at least 4 members (excludes halogenated alkanes) is 2. The summed E-state index contributed by atoms with van der Waals surface area (Å²) in [5.41, 5.74) is 3.10. The topological polar surface area (TPSA) is 12.0 Å². The first kappa shape index (κ1) is 15.9. The van der Waals surface area contributed by atoms with Crippen LogP contribution in [0, 0.1) is 0 Å². The van der Waals surface area contributed by atoms with Gasteiger partial charge in [0.25, 0.3) is 0 Å². The van der Waals surface area contributed by atoms with Gasteiger partial charge in [-0.2, -0.15) is 11.8 Å². The van der Waals surface area contributed by atoms with E-state index in [-0.39, 0.29) is 0 Å². The number of fused-ring (bicyclic) bond motifs is 1. The van der Waals surface area contributed by atoms with Crippen molar-refractivity contribution in [3.8, 4) is 0 Å². The molecular weight excluding hydrogens is 262 g/mol. The molecule has 0 radical (unpaired) electrons. The molecule has 0 heterocycles. The lowest BCUT2D eigenvalue weighted by molar-refractivity contribution is 0.453. The van der Waals surface area contributed by atoms with E-state index in [1.807, 2.05) is 0 Å². The molecular formula is C18H29NS. The Morgan fingerprint density at radius 1 is 1.15 bits per heavy atom. The number of benzene rings is 1. The van der Waals surface area contributed by atoms with Crippen LogP contribution in [-0.2, 0) is 0 Å². The van der Waals surface area contributed by atoms with Crippen molar-refractivity contribution in [3.05, 3.63) is 35.4 Å². The summed E-state index contributed by atoms with van der Waals surface area (Å²) in [6, 6.07) is 9.58. The molecule has 1 aliphatic carbocycles. The second-order valence-electron chi connectivity index (χ2n) is 5.92. The molecule has 3 atom stereocenters. The monoisotopic (exact) mass is 291 g/mol. The van der Waals surface area contributed by atoms with E-state index in [0.717, 1.165) is 11.8 Å². The van der Waals surface area contributed by atoms with Crippen LogP contribution in [-0.4, -0.2) is 17.5 Å². The van der Waals surface area contributed by atoms with Gasteiger partial charge in [0, 0.05) is 11.3 Å². The second kappa shape index (κ2) is 8.09. The molecule has 0 fully saturated rings. The lowest BCUT2D eigenvalue weighted by Crippen LogP contribution is -2.35. The maximum atomic E-state index is 3.73. The minimum absolute atomic E-state index is 0.541. The van der Waals surface area contributed by atoms with Gasteiger partial charge in [0.1, 0.15) is 0 Å². The summed E-state index contributed by atoms with van der Waals surface area (Å²) >= 11 is 2.19. The predicted molar refractivity (Wildman–Crippen MR) is 91.7 cm³/mol. The standard InChI is InChI=1S/C18H29NS/c1-4-6-9-12-20-17-13-14(3)15-10-7-8-11-16(15)18(17)19-5-2/h7-8,10-11,14,17-19H,4-6,9,12-13H2,1-3H3. The molecule has 0 saturated carbocycles. The fourth-order valence-electron chi connectivity index (χ4n) is 3.27. The summed E-state index contributed by atoms with van der Waals surface area (Å²) in [6.45, 7) is 7.95. The van der Waals surface area contributed by atoms with E-state index in [4.69, 9.17) is 0 Å². The first-order chi connectivity index (χ1) is 9.77. The molecule has 0 bridgehead atoms. The van der Waals surface area contributed by atoms with Crippen LogP contribution in [0.15, 0.2) is 24.3 Å². The van der Waals surface area contributed by atoms with Gasteiger partial charge in [-0.3, -0.25) is 0 Å². The smallest absolute Gasteiger partial charge is 0.0443 e. The number of rotatable bonds is 7. The zero-order chi connectivity index (χ0) is 14.4. The highest BCUT2D eigenvalue weighted by atomic mass is 32.2. The van der Waals surface area contributed by atoms with Gasteiger partial charge in [-0.1, -0.05) is 57.9 Å². The van der Waals surface area contributed by atoms with E-state index in [9.17, 15) is 0 Å². The summed E-state index contributed by atoms with van der Waals surface area (Å²) in [5, 5.41) is 4.46. The molecule has 20 heavy (non-hydrogen) atoms. The third-order valence-corrected chi connectivity index (χ3v) is 5.74. The van der Waals surface area contributed by atoms with Crippen LogP contribution in [0.5, 0.6) is 0 Å². The highest BCUT2D eigenvalue weighted by Crippen LogP contribution is 2.42. The van der Waals surface area contributed by atoms with Crippen molar-refractivity contribution < 1.29 is 0 Å². The molecule has 2 heteroatoms. The minimum Gasteiger partial charge on any atom is -0.309 e. The Balaban J connectivity index is 2.08.